The summed E-state index contributed by atoms with van der Waals surface area (Å²) in [5.74, 6) is 5.42. The summed E-state index contributed by atoms with van der Waals surface area (Å²) in [6.07, 6.45) is 14.6. The van der Waals surface area contributed by atoms with Crippen LogP contribution in [-0.4, -0.2) is 0 Å². The lowest BCUT2D eigenvalue weighted by molar-refractivity contribution is -0.0377. The monoisotopic (exact) mass is 362 g/mol. The Morgan fingerprint density at radius 3 is 2.23 bits per heavy atom. The highest BCUT2D eigenvalue weighted by Crippen LogP contribution is 2.57. The van der Waals surface area contributed by atoms with Crippen LogP contribution in [0.1, 0.15) is 120 Å². The third kappa shape index (κ3) is 4.20. The molecule has 2 rings (SSSR count). The Balaban J connectivity index is 2.32. The quantitative estimate of drug-likeness (QED) is 0.458. The largest absolute Gasteiger partial charge is 0.0654 e. The van der Waals surface area contributed by atoms with Gasteiger partial charge in [0, 0.05) is 0 Å². The van der Waals surface area contributed by atoms with E-state index in [1.54, 1.807) is 0 Å². The first-order chi connectivity index (χ1) is 12.2. The van der Waals surface area contributed by atoms with Gasteiger partial charge in [-0.1, -0.05) is 87.5 Å². The molecule has 0 nitrogen and oxygen atoms in total. The summed E-state index contributed by atoms with van der Waals surface area (Å²) in [5.41, 5.74) is 1.13. The molecule has 0 N–H and O–H groups in total. The van der Waals surface area contributed by atoms with Crippen molar-refractivity contribution >= 4 is 0 Å². The van der Waals surface area contributed by atoms with Crippen molar-refractivity contribution in [3.05, 3.63) is 0 Å². The standard InChI is InChI=1S/C26H50/c1-9-16-26(8)23(10-2)14-11-13-22-18-24(26)15-12-17-25(7,21(22)6)20(5)19(3)4/h19-24H,9-18H2,1-8H3. The molecule has 7 unspecified atom stereocenters. The van der Waals surface area contributed by atoms with Gasteiger partial charge in [0.1, 0.15) is 0 Å². The first-order valence-corrected chi connectivity index (χ1v) is 12.2. The molecule has 0 spiro atoms. The molecule has 0 aromatic carbocycles. The molecule has 2 aliphatic rings. The summed E-state index contributed by atoms with van der Waals surface area (Å²) in [6, 6.07) is 0. The second-order valence-electron chi connectivity index (χ2n) is 11.2. The minimum absolute atomic E-state index is 0.536. The molecule has 0 aromatic heterocycles. The van der Waals surface area contributed by atoms with Crippen LogP contribution >= 0.6 is 0 Å². The summed E-state index contributed by atoms with van der Waals surface area (Å²) in [7, 11) is 0. The van der Waals surface area contributed by atoms with Gasteiger partial charge in [-0.3, -0.25) is 0 Å². The van der Waals surface area contributed by atoms with Gasteiger partial charge in [-0.2, -0.15) is 0 Å². The van der Waals surface area contributed by atoms with Crippen molar-refractivity contribution in [2.75, 3.05) is 0 Å². The molecular weight excluding hydrogens is 312 g/mol. The smallest absolute Gasteiger partial charge is 0.0269 e. The van der Waals surface area contributed by atoms with Crippen LogP contribution in [-0.2, 0) is 0 Å². The zero-order chi connectivity index (χ0) is 19.5. The first kappa shape index (κ1) is 22.3. The lowest BCUT2D eigenvalue weighted by atomic mass is 9.52. The van der Waals surface area contributed by atoms with Crippen LogP contribution < -0.4 is 0 Å². The Labute approximate surface area is 166 Å². The van der Waals surface area contributed by atoms with Crippen LogP contribution in [0.5, 0.6) is 0 Å². The summed E-state index contributed by atoms with van der Waals surface area (Å²) in [6.45, 7) is 20.3. The van der Waals surface area contributed by atoms with Gasteiger partial charge in [-0.15, -0.1) is 0 Å². The molecule has 2 aliphatic carbocycles. The van der Waals surface area contributed by atoms with E-state index in [-0.39, 0.29) is 0 Å². The maximum absolute atomic E-state index is 2.69. The molecule has 26 heavy (non-hydrogen) atoms. The van der Waals surface area contributed by atoms with Crippen LogP contribution in [0, 0.1) is 46.3 Å². The molecule has 2 fully saturated rings. The Hall–Kier alpha value is 0. The van der Waals surface area contributed by atoms with Crippen molar-refractivity contribution in [1.82, 2.24) is 0 Å². The van der Waals surface area contributed by atoms with Gasteiger partial charge in [-0.25, -0.2) is 0 Å². The fourth-order valence-electron chi connectivity index (χ4n) is 7.46. The van der Waals surface area contributed by atoms with E-state index in [1.807, 2.05) is 0 Å². The zero-order valence-corrected chi connectivity index (χ0v) is 19.5. The van der Waals surface area contributed by atoms with Crippen molar-refractivity contribution < 1.29 is 0 Å². The molecule has 0 radical (unpaired) electrons. The summed E-state index contributed by atoms with van der Waals surface area (Å²) < 4.78 is 0. The lowest BCUT2D eigenvalue weighted by Crippen LogP contribution is -2.45. The topological polar surface area (TPSA) is 0 Å². The normalized spacial score (nSPS) is 43.3. The van der Waals surface area contributed by atoms with E-state index >= 15 is 0 Å². The van der Waals surface area contributed by atoms with E-state index < -0.39 is 0 Å². The Bertz CT molecular complexity index is 424. The second kappa shape index (κ2) is 9.00. The van der Waals surface area contributed by atoms with Gasteiger partial charge in [0.15, 0.2) is 0 Å². The Kier molecular flexibility index (Phi) is 7.72. The van der Waals surface area contributed by atoms with Crippen molar-refractivity contribution in [3.63, 3.8) is 0 Å². The van der Waals surface area contributed by atoms with Crippen LogP contribution in [0.2, 0.25) is 0 Å². The van der Waals surface area contributed by atoms with Crippen LogP contribution in [0.4, 0.5) is 0 Å². The molecule has 0 aliphatic heterocycles. The first-order valence-electron chi connectivity index (χ1n) is 12.2. The lowest BCUT2D eigenvalue weighted by Gasteiger charge is -2.53. The zero-order valence-electron chi connectivity index (χ0n) is 19.5. The Morgan fingerprint density at radius 1 is 0.962 bits per heavy atom. The van der Waals surface area contributed by atoms with E-state index in [2.05, 4.69) is 55.4 Å². The Morgan fingerprint density at radius 2 is 1.65 bits per heavy atom. The highest BCUT2D eigenvalue weighted by Gasteiger charge is 2.47. The van der Waals surface area contributed by atoms with Crippen LogP contribution in [0.25, 0.3) is 0 Å². The molecule has 0 heterocycles. The molecule has 2 bridgehead atoms. The van der Waals surface area contributed by atoms with Crippen molar-refractivity contribution in [1.29, 1.82) is 0 Å². The van der Waals surface area contributed by atoms with Gasteiger partial charge in [0.2, 0.25) is 0 Å². The van der Waals surface area contributed by atoms with E-state index in [0.717, 1.165) is 35.5 Å². The fourth-order valence-corrected chi connectivity index (χ4v) is 7.46. The van der Waals surface area contributed by atoms with Gasteiger partial charge in [-0.05, 0) is 78.4 Å². The van der Waals surface area contributed by atoms with Crippen LogP contribution in [0.15, 0.2) is 0 Å². The van der Waals surface area contributed by atoms with E-state index in [9.17, 15) is 0 Å². The maximum Gasteiger partial charge on any atom is -0.0269 e. The highest BCUT2D eigenvalue weighted by molar-refractivity contribution is 4.97. The van der Waals surface area contributed by atoms with E-state index in [1.165, 1.54) is 64.2 Å². The van der Waals surface area contributed by atoms with Crippen molar-refractivity contribution in [2.45, 2.75) is 120 Å². The van der Waals surface area contributed by atoms with Gasteiger partial charge in [0.05, 0.1) is 0 Å². The average molecular weight is 363 g/mol. The predicted octanol–water partition coefficient (Wildman–Crippen LogP) is 8.74. The van der Waals surface area contributed by atoms with E-state index in [4.69, 9.17) is 0 Å². The van der Waals surface area contributed by atoms with Crippen molar-refractivity contribution in [3.8, 4) is 0 Å². The molecule has 0 aromatic rings. The van der Waals surface area contributed by atoms with Gasteiger partial charge in [0.25, 0.3) is 0 Å². The third-order valence-corrected chi connectivity index (χ3v) is 9.92. The summed E-state index contributed by atoms with van der Waals surface area (Å²) in [5, 5.41) is 0. The van der Waals surface area contributed by atoms with E-state index in [0.29, 0.717) is 10.8 Å². The molecule has 0 heteroatoms. The number of hydrogen-bond donors (Lipinski definition) is 0. The van der Waals surface area contributed by atoms with Crippen LogP contribution in [0.3, 0.4) is 0 Å². The fraction of sp³-hybridized carbons (Fsp3) is 1.00. The van der Waals surface area contributed by atoms with Gasteiger partial charge >= 0.3 is 0 Å². The second-order valence-corrected chi connectivity index (χ2v) is 11.2. The maximum atomic E-state index is 2.69. The third-order valence-electron chi connectivity index (χ3n) is 9.92. The molecule has 7 atom stereocenters. The minimum Gasteiger partial charge on any atom is -0.0654 e. The van der Waals surface area contributed by atoms with Gasteiger partial charge < -0.3 is 0 Å². The minimum atomic E-state index is 0.536. The molecular formula is C26H50. The highest BCUT2D eigenvalue weighted by atomic mass is 14.5. The molecule has 0 saturated heterocycles. The average Bonchev–Trinajstić information content (AvgIpc) is 2.58. The molecule has 2 saturated carbocycles. The van der Waals surface area contributed by atoms with Crippen molar-refractivity contribution in [2.24, 2.45) is 46.3 Å². The predicted molar refractivity (Wildman–Crippen MR) is 117 cm³/mol. The molecule has 0 amide bonds. The summed E-state index contributed by atoms with van der Waals surface area (Å²) >= 11 is 0. The number of fused-ring (bicyclic) bond motifs is 2. The SMILES string of the molecule is CCCC1(C)C(CC)CCCC2CC1CCCC(C)(C(C)C(C)C)C2C. The number of hydrogen-bond acceptors (Lipinski definition) is 0. The number of rotatable bonds is 5. The molecule has 154 valence electrons. The summed E-state index contributed by atoms with van der Waals surface area (Å²) in [4.78, 5) is 0.